The SMILES string of the molecule is CCOCCNC(C)C(=O)Nc1ccc(C)cc1. The molecule has 18 heavy (non-hydrogen) atoms. The number of carbonyl (C=O) groups is 1. The number of ether oxygens (including phenoxy) is 1. The van der Waals surface area contributed by atoms with Crippen LogP contribution in [0.15, 0.2) is 24.3 Å². The third-order valence-corrected chi connectivity index (χ3v) is 2.61. The number of benzene rings is 1. The van der Waals surface area contributed by atoms with Crippen molar-refractivity contribution in [1.29, 1.82) is 0 Å². The summed E-state index contributed by atoms with van der Waals surface area (Å²) in [5.74, 6) is -0.0321. The summed E-state index contributed by atoms with van der Waals surface area (Å²) in [6, 6.07) is 7.53. The molecule has 0 heterocycles. The molecule has 0 radical (unpaired) electrons. The van der Waals surface area contributed by atoms with Crippen LogP contribution in [0.2, 0.25) is 0 Å². The van der Waals surface area contributed by atoms with E-state index >= 15 is 0 Å². The monoisotopic (exact) mass is 250 g/mol. The fraction of sp³-hybridized carbons (Fsp3) is 0.500. The lowest BCUT2D eigenvalue weighted by Crippen LogP contribution is -2.39. The Morgan fingerprint density at radius 3 is 2.61 bits per heavy atom. The zero-order chi connectivity index (χ0) is 13.4. The van der Waals surface area contributed by atoms with Crippen molar-refractivity contribution < 1.29 is 9.53 Å². The second kappa shape index (κ2) is 7.84. The number of carbonyl (C=O) groups excluding carboxylic acids is 1. The highest BCUT2D eigenvalue weighted by Gasteiger charge is 2.11. The highest BCUT2D eigenvalue weighted by Crippen LogP contribution is 2.08. The minimum absolute atomic E-state index is 0.0321. The molecule has 4 heteroatoms. The van der Waals surface area contributed by atoms with Crippen molar-refractivity contribution in [1.82, 2.24) is 5.32 Å². The summed E-state index contributed by atoms with van der Waals surface area (Å²) in [4.78, 5) is 11.8. The van der Waals surface area contributed by atoms with Crippen molar-refractivity contribution >= 4 is 11.6 Å². The Kier molecular flexibility index (Phi) is 6.39. The van der Waals surface area contributed by atoms with Gasteiger partial charge in [-0.2, -0.15) is 0 Å². The molecule has 0 fully saturated rings. The lowest BCUT2D eigenvalue weighted by Gasteiger charge is -2.14. The Hall–Kier alpha value is -1.39. The summed E-state index contributed by atoms with van der Waals surface area (Å²) >= 11 is 0. The van der Waals surface area contributed by atoms with Gasteiger partial charge in [0.1, 0.15) is 0 Å². The van der Waals surface area contributed by atoms with E-state index in [0.717, 1.165) is 5.69 Å². The van der Waals surface area contributed by atoms with Crippen LogP contribution in [0.1, 0.15) is 19.4 Å². The average molecular weight is 250 g/mol. The molecule has 0 saturated carbocycles. The first-order valence-corrected chi connectivity index (χ1v) is 6.32. The van der Waals surface area contributed by atoms with E-state index in [0.29, 0.717) is 19.8 Å². The van der Waals surface area contributed by atoms with Gasteiger partial charge in [0.15, 0.2) is 0 Å². The van der Waals surface area contributed by atoms with Crippen LogP contribution in [0.25, 0.3) is 0 Å². The van der Waals surface area contributed by atoms with Gasteiger partial charge in [0, 0.05) is 18.8 Å². The van der Waals surface area contributed by atoms with Gasteiger partial charge in [0.05, 0.1) is 12.6 Å². The van der Waals surface area contributed by atoms with Crippen molar-refractivity contribution in [2.45, 2.75) is 26.8 Å². The van der Waals surface area contributed by atoms with Gasteiger partial charge in [-0.3, -0.25) is 4.79 Å². The van der Waals surface area contributed by atoms with Crippen LogP contribution < -0.4 is 10.6 Å². The Balaban J connectivity index is 2.33. The minimum atomic E-state index is -0.230. The molecule has 1 amide bonds. The number of anilines is 1. The lowest BCUT2D eigenvalue weighted by atomic mass is 10.2. The van der Waals surface area contributed by atoms with Gasteiger partial charge >= 0.3 is 0 Å². The zero-order valence-corrected chi connectivity index (χ0v) is 11.3. The average Bonchev–Trinajstić information content (AvgIpc) is 2.37. The minimum Gasteiger partial charge on any atom is -0.380 e. The second-order valence-corrected chi connectivity index (χ2v) is 4.23. The maximum Gasteiger partial charge on any atom is 0.241 e. The standard InChI is InChI=1S/C14H22N2O2/c1-4-18-10-9-15-12(3)14(17)16-13-7-5-11(2)6-8-13/h5-8,12,15H,4,9-10H2,1-3H3,(H,16,17). The van der Waals surface area contributed by atoms with Gasteiger partial charge in [-0.05, 0) is 32.9 Å². The van der Waals surface area contributed by atoms with Crippen molar-refractivity contribution in [3.05, 3.63) is 29.8 Å². The quantitative estimate of drug-likeness (QED) is 0.727. The zero-order valence-electron chi connectivity index (χ0n) is 11.3. The highest BCUT2D eigenvalue weighted by atomic mass is 16.5. The fourth-order valence-electron chi connectivity index (χ4n) is 1.47. The number of amides is 1. The van der Waals surface area contributed by atoms with Crippen LogP contribution in [0.5, 0.6) is 0 Å². The first kappa shape index (κ1) is 14.7. The van der Waals surface area contributed by atoms with E-state index < -0.39 is 0 Å². The Bertz CT molecular complexity index is 363. The maximum atomic E-state index is 11.8. The molecule has 0 saturated heterocycles. The summed E-state index contributed by atoms with van der Waals surface area (Å²) in [5.41, 5.74) is 2.00. The molecule has 2 N–H and O–H groups in total. The number of hydrogen-bond acceptors (Lipinski definition) is 3. The summed E-state index contributed by atoms with van der Waals surface area (Å²) in [6.45, 7) is 7.81. The van der Waals surface area contributed by atoms with Crippen molar-refractivity contribution in [2.24, 2.45) is 0 Å². The molecule has 1 unspecified atom stereocenters. The molecular formula is C14H22N2O2. The molecule has 1 atom stereocenters. The molecule has 0 aromatic heterocycles. The Morgan fingerprint density at radius 2 is 2.00 bits per heavy atom. The lowest BCUT2D eigenvalue weighted by molar-refractivity contribution is -0.117. The van der Waals surface area contributed by atoms with E-state index in [4.69, 9.17) is 4.74 Å². The van der Waals surface area contributed by atoms with Gasteiger partial charge in [-0.1, -0.05) is 17.7 Å². The van der Waals surface area contributed by atoms with E-state index in [1.54, 1.807) is 0 Å². The second-order valence-electron chi connectivity index (χ2n) is 4.23. The summed E-state index contributed by atoms with van der Waals surface area (Å²) in [7, 11) is 0. The Labute approximate surface area is 109 Å². The molecule has 1 aromatic carbocycles. The van der Waals surface area contributed by atoms with Crippen LogP contribution in [-0.4, -0.2) is 31.7 Å². The first-order valence-electron chi connectivity index (χ1n) is 6.32. The molecule has 0 aliphatic carbocycles. The van der Waals surface area contributed by atoms with E-state index in [1.807, 2.05) is 45.0 Å². The number of rotatable bonds is 7. The molecule has 1 rings (SSSR count). The van der Waals surface area contributed by atoms with Crippen molar-refractivity contribution in [3.63, 3.8) is 0 Å². The van der Waals surface area contributed by atoms with Crippen LogP contribution in [0.3, 0.4) is 0 Å². The Morgan fingerprint density at radius 1 is 1.33 bits per heavy atom. The predicted molar refractivity (Wildman–Crippen MR) is 73.8 cm³/mol. The van der Waals surface area contributed by atoms with Gasteiger partial charge in [-0.15, -0.1) is 0 Å². The maximum absolute atomic E-state index is 11.8. The summed E-state index contributed by atoms with van der Waals surface area (Å²) < 4.78 is 5.20. The normalized spacial score (nSPS) is 12.2. The van der Waals surface area contributed by atoms with Gasteiger partial charge in [0.25, 0.3) is 0 Å². The van der Waals surface area contributed by atoms with Crippen molar-refractivity contribution in [2.75, 3.05) is 25.1 Å². The topological polar surface area (TPSA) is 50.4 Å². The molecule has 0 bridgehead atoms. The van der Waals surface area contributed by atoms with Gasteiger partial charge < -0.3 is 15.4 Å². The highest BCUT2D eigenvalue weighted by molar-refractivity contribution is 5.94. The molecule has 0 aliphatic rings. The van der Waals surface area contributed by atoms with Crippen LogP contribution >= 0.6 is 0 Å². The van der Waals surface area contributed by atoms with E-state index in [9.17, 15) is 4.79 Å². The molecule has 0 aliphatic heterocycles. The van der Waals surface area contributed by atoms with E-state index in [-0.39, 0.29) is 11.9 Å². The van der Waals surface area contributed by atoms with Crippen molar-refractivity contribution in [3.8, 4) is 0 Å². The smallest absolute Gasteiger partial charge is 0.241 e. The third kappa shape index (κ3) is 5.29. The molecule has 1 aromatic rings. The fourth-order valence-corrected chi connectivity index (χ4v) is 1.47. The number of hydrogen-bond donors (Lipinski definition) is 2. The van der Waals surface area contributed by atoms with Crippen LogP contribution in [0.4, 0.5) is 5.69 Å². The third-order valence-electron chi connectivity index (χ3n) is 2.61. The largest absolute Gasteiger partial charge is 0.380 e. The summed E-state index contributed by atoms with van der Waals surface area (Å²) in [6.07, 6.45) is 0. The first-order chi connectivity index (χ1) is 8.63. The van der Waals surface area contributed by atoms with Crippen LogP contribution in [0, 0.1) is 6.92 Å². The number of aryl methyl sites for hydroxylation is 1. The van der Waals surface area contributed by atoms with E-state index in [2.05, 4.69) is 10.6 Å². The number of nitrogens with one attached hydrogen (secondary N) is 2. The molecule has 100 valence electrons. The van der Waals surface area contributed by atoms with Crippen LogP contribution in [-0.2, 0) is 9.53 Å². The van der Waals surface area contributed by atoms with Gasteiger partial charge in [-0.25, -0.2) is 0 Å². The molecular weight excluding hydrogens is 228 g/mol. The molecule has 0 spiro atoms. The summed E-state index contributed by atoms with van der Waals surface area (Å²) in [5, 5.41) is 5.98. The van der Waals surface area contributed by atoms with E-state index in [1.165, 1.54) is 5.56 Å². The predicted octanol–water partition coefficient (Wildman–Crippen LogP) is 1.95. The molecule has 4 nitrogen and oxygen atoms in total. The van der Waals surface area contributed by atoms with Gasteiger partial charge in [0.2, 0.25) is 5.91 Å².